The number of hydrogen-bond acceptors (Lipinski definition) is 3. The smallest absolute Gasteiger partial charge is 0.262 e. The SMILES string of the molecule is Cc1ccccc1OCC(=O)Nc1ccc2cn(C(C)C)nc2c1. The molecule has 0 bridgehead atoms. The standard InChI is InChI=1S/C19H21N3O2/c1-13(2)22-11-15-8-9-16(10-17(15)21-22)20-19(23)12-24-18-7-5-4-6-14(18)3/h4-11,13H,12H2,1-3H3,(H,20,23). The summed E-state index contributed by atoms with van der Waals surface area (Å²) in [6.07, 6.45) is 2.01. The van der Waals surface area contributed by atoms with Gasteiger partial charge in [-0.25, -0.2) is 0 Å². The van der Waals surface area contributed by atoms with Crippen LogP contribution in [-0.2, 0) is 4.79 Å². The quantitative estimate of drug-likeness (QED) is 0.773. The highest BCUT2D eigenvalue weighted by Gasteiger charge is 2.08. The second-order valence-electron chi connectivity index (χ2n) is 6.08. The first-order valence-corrected chi connectivity index (χ1v) is 8.00. The maximum atomic E-state index is 12.1. The number of para-hydroxylation sites is 1. The summed E-state index contributed by atoms with van der Waals surface area (Å²) in [6, 6.07) is 13.6. The van der Waals surface area contributed by atoms with Gasteiger partial charge in [-0.1, -0.05) is 18.2 Å². The summed E-state index contributed by atoms with van der Waals surface area (Å²) >= 11 is 0. The second kappa shape index (κ2) is 6.74. The Morgan fingerprint density at radius 3 is 2.79 bits per heavy atom. The Bertz CT molecular complexity index is 868. The van der Waals surface area contributed by atoms with Gasteiger partial charge in [0.2, 0.25) is 0 Å². The molecule has 5 heteroatoms. The fourth-order valence-corrected chi connectivity index (χ4v) is 2.44. The van der Waals surface area contributed by atoms with Gasteiger partial charge in [0, 0.05) is 23.3 Å². The fourth-order valence-electron chi connectivity index (χ4n) is 2.44. The van der Waals surface area contributed by atoms with Crippen LogP contribution < -0.4 is 10.1 Å². The van der Waals surface area contributed by atoms with Gasteiger partial charge in [-0.2, -0.15) is 5.10 Å². The Labute approximate surface area is 141 Å². The summed E-state index contributed by atoms with van der Waals surface area (Å²) in [5.74, 6) is 0.527. The Balaban J connectivity index is 1.65. The highest BCUT2D eigenvalue weighted by Crippen LogP contribution is 2.20. The van der Waals surface area contributed by atoms with E-state index in [9.17, 15) is 4.79 Å². The lowest BCUT2D eigenvalue weighted by molar-refractivity contribution is -0.118. The summed E-state index contributed by atoms with van der Waals surface area (Å²) < 4.78 is 7.48. The van der Waals surface area contributed by atoms with Gasteiger partial charge >= 0.3 is 0 Å². The largest absolute Gasteiger partial charge is 0.483 e. The van der Waals surface area contributed by atoms with Crippen LogP contribution in [0.1, 0.15) is 25.5 Å². The molecule has 0 aliphatic carbocycles. The third kappa shape index (κ3) is 3.56. The first kappa shape index (κ1) is 16.1. The number of ether oxygens (including phenoxy) is 1. The van der Waals surface area contributed by atoms with E-state index in [4.69, 9.17) is 4.74 Å². The number of aryl methyl sites for hydroxylation is 1. The highest BCUT2D eigenvalue weighted by atomic mass is 16.5. The van der Waals surface area contributed by atoms with Gasteiger partial charge in [0.1, 0.15) is 5.75 Å². The number of rotatable bonds is 5. The van der Waals surface area contributed by atoms with Crippen LogP contribution in [-0.4, -0.2) is 22.3 Å². The zero-order valence-electron chi connectivity index (χ0n) is 14.1. The van der Waals surface area contributed by atoms with E-state index < -0.39 is 0 Å². The van der Waals surface area contributed by atoms with Crippen molar-refractivity contribution in [3.63, 3.8) is 0 Å². The molecule has 1 N–H and O–H groups in total. The number of anilines is 1. The third-order valence-corrected chi connectivity index (χ3v) is 3.79. The van der Waals surface area contributed by atoms with Gasteiger partial charge < -0.3 is 10.1 Å². The molecule has 0 spiro atoms. The molecule has 0 radical (unpaired) electrons. The molecule has 1 aromatic heterocycles. The van der Waals surface area contributed by atoms with Crippen LogP contribution in [0.3, 0.4) is 0 Å². The van der Waals surface area contributed by atoms with Gasteiger partial charge in [0.15, 0.2) is 6.61 Å². The molecule has 124 valence electrons. The molecule has 2 aromatic carbocycles. The number of fused-ring (bicyclic) bond motifs is 1. The van der Waals surface area contributed by atoms with Crippen molar-refractivity contribution < 1.29 is 9.53 Å². The van der Waals surface area contributed by atoms with E-state index in [1.165, 1.54) is 0 Å². The van der Waals surface area contributed by atoms with Crippen molar-refractivity contribution in [1.29, 1.82) is 0 Å². The Hall–Kier alpha value is -2.82. The van der Waals surface area contributed by atoms with Crippen LogP contribution in [0, 0.1) is 6.92 Å². The number of hydrogen-bond donors (Lipinski definition) is 1. The van der Waals surface area contributed by atoms with Crippen molar-refractivity contribution in [2.45, 2.75) is 26.8 Å². The number of nitrogens with zero attached hydrogens (tertiary/aromatic N) is 2. The Kier molecular flexibility index (Phi) is 4.51. The Morgan fingerprint density at radius 2 is 2.04 bits per heavy atom. The summed E-state index contributed by atoms with van der Waals surface area (Å²) in [5.41, 5.74) is 2.59. The Morgan fingerprint density at radius 1 is 1.25 bits per heavy atom. The number of benzene rings is 2. The number of amides is 1. The lowest BCUT2D eigenvalue weighted by Gasteiger charge is -2.09. The minimum Gasteiger partial charge on any atom is -0.483 e. The summed E-state index contributed by atoms with van der Waals surface area (Å²) in [4.78, 5) is 12.1. The molecule has 0 atom stereocenters. The van der Waals surface area contributed by atoms with Crippen LogP contribution in [0.5, 0.6) is 5.75 Å². The molecule has 1 amide bonds. The van der Waals surface area contributed by atoms with Gasteiger partial charge in [0.25, 0.3) is 5.91 Å². The molecule has 0 aliphatic rings. The van der Waals surface area contributed by atoms with E-state index in [-0.39, 0.29) is 12.5 Å². The van der Waals surface area contributed by atoms with Crippen LogP contribution in [0.25, 0.3) is 10.9 Å². The van der Waals surface area contributed by atoms with Crippen molar-refractivity contribution in [3.8, 4) is 5.75 Å². The molecule has 0 fully saturated rings. The van der Waals surface area contributed by atoms with Gasteiger partial charge in [-0.3, -0.25) is 9.48 Å². The van der Waals surface area contributed by atoms with Crippen LogP contribution >= 0.6 is 0 Å². The van der Waals surface area contributed by atoms with Crippen molar-refractivity contribution in [1.82, 2.24) is 9.78 Å². The molecule has 1 heterocycles. The number of aromatic nitrogens is 2. The third-order valence-electron chi connectivity index (χ3n) is 3.79. The van der Waals surface area contributed by atoms with Crippen molar-refractivity contribution in [2.75, 3.05) is 11.9 Å². The van der Waals surface area contributed by atoms with Gasteiger partial charge in [-0.15, -0.1) is 0 Å². The molecular weight excluding hydrogens is 302 g/mol. The lowest BCUT2D eigenvalue weighted by Crippen LogP contribution is -2.20. The first-order valence-electron chi connectivity index (χ1n) is 8.00. The van der Waals surface area contributed by atoms with E-state index in [1.807, 2.05) is 60.3 Å². The minimum absolute atomic E-state index is 0.0245. The predicted octanol–water partition coefficient (Wildman–Crippen LogP) is 3.94. The number of carbonyl (C=O) groups excluding carboxylic acids is 1. The normalized spacial score (nSPS) is 11.0. The van der Waals surface area contributed by atoms with Gasteiger partial charge in [-0.05, 0) is 50.6 Å². The average molecular weight is 323 g/mol. The molecule has 0 saturated carbocycles. The summed E-state index contributed by atoms with van der Waals surface area (Å²) in [6.45, 7) is 6.09. The molecule has 0 unspecified atom stereocenters. The van der Waals surface area contributed by atoms with E-state index in [0.29, 0.717) is 6.04 Å². The van der Waals surface area contributed by atoms with E-state index in [0.717, 1.165) is 27.9 Å². The average Bonchev–Trinajstić information content (AvgIpc) is 2.98. The summed E-state index contributed by atoms with van der Waals surface area (Å²) in [7, 11) is 0. The van der Waals surface area contributed by atoms with Crippen molar-refractivity contribution in [2.24, 2.45) is 0 Å². The lowest BCUT2D eigenvalue weighted by atomic mass is 10.2. The van der Waals surface area contributed by atoms with Crippen molar-refractivity contribution >= 4 is 22.5 Å². The maximum absolute atomic E-state index is 12.1. The summed E-state index contributed by atoms with van der Waals surface area (Å²) in [5, 5.41) is 8.42. The molecule has 0 saturated heterocycles. The fraction of sp³-hybridized carbons (Fsp3) is 0.263. The van der Waals surface area contributed by atoms with E-state index in [2.05, 4.69) is 24.3 Å². The van der Waals surface area contributed by atoms with Crippen LogP contribution in [0.15, 0.2) is 48.7 Å². The van der Waals surface area contributed by atoms with E-state index in [1.54, 1.807) is 0 Å². The molecule has 5 nitrogen and oxygen atoms in total. The number of carbonyl (C=O) groups is 1. The van der Waals surface area contributed by atoms with Crippen LogP contribution in [0.2, 0.25) is 0 Å². The molecule has 3 aromatic rings. The van der Waals surface area contributed by atoms with E-state index >= 15 is 0 Å². The topological polar surface area (TPSA) is 56.1 Å². The van der Waals surface area contributed by atoms with Crippen molar-refractivity contribution in [3.05, 3.63) is 54.2 Å². The molecule has 0 aliphatic heterocycles. The zero-order chi connectivity index (χ0) is 17.1. The second-order valence-corrected chi connectivity index (χ2v) is 6.08. The zero-order valence-corrected chi connectivity index (χ0v) is 14.1. The molecular formula is C19H21N3O2. The molecule has 3 rings (SSSR count). The van der Waals surface area contributed by atoms with Crippen LogP contribution in [0.4, 0.5) is 5.69 Å². The minimum atomic E-state index is -0.194. The highest BCUT2D eigenvalue weighted by molar-refractivity contribution is 5.94. The van der Waals surface area contributed by atoms with Gasteiger partial charge in [0.05, 0.1) is 5.52 Å². The maximum Gasteiger partial charge on any atom is 0.262 e. The monoisotopic (exact) mass is 323 g/mol. The molecule has 24 heavy (non-hydrogen) atoms. The first-order chi connectivity index (χ1) is 11.5. The number of nitrogens with one attached hydrogen (secondary N) is 1. The predicted molar refractivity (Wildman–Crippen MR) is 95.4 cm³/mol.